The number of thiazole rings is 2. The van der Waals surface area contributed by atoms with Crippen LogP contribution in [-0.4, -0.2) is 44.5 Å². The number of carbonyl (C=O) groups excluding carboxylic acids is 2. The lowest BCUT2D eigenvalue weighted by Gasteiger charge is -1.95. The van der Waals surface area contributed by atoms with Crippen LogP contribution in [0, 0.1) is 13.8 Å². The second-order valence-corrected chi connectivity index (χ2v) is 9.53. The van der Waals surface area contributed by atoms with E-state index < -0.39 is 0 Å². The van der Waals surface area contributed by atoms with Crippen LogP contribution in [-0.2, 0) is 23.7 Å². The van der Waals surface area contributed by atoms with Crippen LogP contribution in [0.3, 0.4) is 0 Å². The molecule has 0 saturated carbocycles. The first kappa shape index (κ1) is 46.1. The van der Waals surface area contributed by atoms with Crippen LogP contribution < -0.4 is 32.0 Å². The summed E-state index contributed by atoms with van der Waals surface area (Å²) in [4.78, 5) is 20.9. The molecule has 0 amide bonds. The van der Waals surface area contributed by atoms with Gasteiger partial charge in [0.25, 0.3) is 0 Å². The Morgan fingerprint density at radius 1 is 1.00 bits per heavy atom. The third kappa shape index (κ3) is 27.2. The van der Waals surface area contributed by atoms with Gasteiger partial charge in [-0.1, -0.05) is 0 Å². The van der Waals surface area contributed by atoms with E-state index >= 15 is 0 Å². The van der Waals surface area contributed by atoms with Crippen LogP contribution in [0.1, 0.15) is 46.0 Å². The van der Waals surface area contributed by atoms with Gasteiger partial charge < -0.3 is 30.5 Å². The standard InChI is InChI=1S/C8H13N3S.C5H9N3S.C3H5ClO.C3H6O.C2H7N3S.2ClH/c1-6(2)9-10-8-11(4)7(3)5-12-8;1-4-3-9-5(7-6)8(4)2;1-3(5)2-4;1-3(2)4;1-4-2(6)5-3;;/h5H,1-4H3;3H,6H2,1-2H3;2H2,1H3;1-2H3;3H2,1H3,(H2,4,5,6);2*1H/b10-8-;7-5-;;;;;. The SMILES string of the molecule is CC(=O)CCl.CC(C)=N/N=c1\scc(C)n1C.CC(C)=O.CNC(=S)NN.Cc1cs/c(=N\N)n1C.Cl.Cl. The summed E-state index contributed by atoms with van der Waals surface area (Å²) in [7, 11) is 5.63. The van der Waals surface area contributed by atoms with Gasteiger partial charge in [0.1, 0.15) is 11.6 Å². The number of ketones is 2. The molecule has 0 spiro atoms. The number of alkyl halides is 1. The van der Waals surface area contributed by atoms with Gasteiger partial charge in [-0.05, 0) is 60.7 Å². The van der Waals surface area contributed by atoms with Gasteiger partial charge in [-0.25, -0.2) is 5.84 Å². The third-order valence-electron chi connectivity index (χ3n) is 3.29. The van der Waals surface area contributed by atoms with E-state index in [0.29, 0.717) is 5.11 Å². The number of carbonyl (C=O) groups is 2. The van der Waals surface area contributed by atoms with Crippen molar-refractivity contribution in [2.45, 2.75) is 48.5 Å². The molecule has 0 atom stereocenters. The first-order chi connectivity index (χ1) is 16.7. The van der Waals surface area contributed by atoms with Crippen LogP contribution in [0.25, 0.3) is 0 Å². The number of nitrogens with zero attached hydrogens (tertiary/aromatic N) is 5. The number of hydrogen-bond acceptors (Lipinski definition) is 10. The van der Waals surface area contributed by atoms with Crippen molar-refractivity contribution >= 4 is 93.7 Å². The number of Topliss-reactive ketones (excluding diaryl/α,β-unsaturated/α-hetero) is 2. The van der Waals surface area contributed by atoms with E-state index in [1.807, 2.05) is 49.4 Å². The van der Waals surface area contributed by atoms with Crippen molar-refractivity contribution in [2.24, 2.45) is 41.1 Å². The second kappa shape index (κ2) is 28.2. The number of rotatable bonds is 2. The van der Waals surface area contributed by atoms with E-state index in [2.05, 4.69) is 50.6 Å². The van der Waals surface area contributed by atoms with Gasteiger partial charge >= 0.3 is 0 Å². The number of nitrogens with two attached hydrogens (primary N) is 2. The van der Waals surface area contributed by atoms with Gasteiger partial charge in [0.05, 0.1) is 5.88 Å². The number of nitrogens with one attached hydrogen (secondary N) is 2. The normalized spacial score (nSPS) is 9.47. The molecule has 0 fully saturated rings. The van der Waals surface area contributed by atoms with Crippen LogP contribution in [0.4, 0.5) is 0 Å². The van der Waals surface area contributed by atoms with Gasteiger partial charge in [0.15, 0.2) is 5.11 Å². The topological polar surface area (TPSA) is 157 Å². The molecule has 11 nitrogen and oxygen atoms in total. The lowest BCUT2D eigenvalue weighted by atomic mass is 10.5. The molecule has 17 heteroatoms. The van der Waals surface area contributed by atoms with Crippen LogP contribution >= 0.6 is 71.3 Å². The summed E-state index contributed by atoms with van der Waals surface area (Å²) >= 11 is 12.7. The summed E-state index contributed by atoms with van der Waals surface area (Å²) < 4.78 is 3.97. The molecule has 222 valence electrons. The molecule has 2 rings (SSSR count). The van der Waals surface area contributed by atoms with Crippen molar-refractivity contribution in [3.05, 3.63) is 31.8 Å². The number of thiocarbonyl (C=S) groups is 1. The fourth-order valence-electron chi connectivity index (χ4n) is 1.32. The van der Waals surface area contributed by atoms with Crippen LogP contribution in [0.15, 0.2) is 26.1 Å². The summed E-state index contributed by atoms with van der Waals surface area (Å²) in [6.07, 6.45) is 0. The number of aryl methyl sites for hydroxylation is 2. The first-order valence-electron chi connectivity index (χ1n) is 10.4. The van der Waals surface area contributed by atoms with Crippen molar-refractivity contribution in [3.63, 3.8) is 0 Å². The predicted molar refractivity (Wildman–Crippen MR) is 171 cm³/mol. The Morgan fingerprint density at radius 3 is 1.53 bits per heavy atom. The van der Waals surface area contributed by atoms with Gasteiger partial charge in [0.2, 0.25) is 9.60 Å². The Morgan fingerprint density at radius 2 is 1.37 bits per heavy atom. The maximum atomic E-state index is 9.68. The molecule has 2 heterocycles. The maximum Gasteiger partial charge on any atom is 0.210 e. The number of hydrogen-bond donors (Lipinski definition) is 4. The van der Waals surface area contributed by atoms with E-state index in [4.69, 9.17) is 23.3 Å². The lowest BCUT2D eigenvalue weighted by Crippen LogP contribution is -2.37. The molecule has 0 aromatic carbocycles. The minimum absolute atomic E-state index is 0. The molecular formula is C21H42Cl3N9O2S3. The summed E-state index contributed by atoms with van der Waals surface area (Å²) in [5, 5.41) is 18.8. The molecule has 0 saturated heterocycles. The highest BCUT2D eigenvalue weighted by molar-refractivity contribution is 7.80. The zero-order valence-corrected chi connectivity index (χ0v) is 28.3. The van der Waals surface area contributed by atoms with E-state index in [1.54, 1.807) is 29.7 Å². The average molecular weight is 655 g/mol. The van der Waals surface area contributed by atoms with Gasteiger partial charge in [-0.3, -0.25) is 4.79 Å². The fourth-order valence-corrected chi connectivity index (χ4v) is 2.94. The Hall–Kier alpha value is -1.81. The van der Waals surface area contributed by atoms with Crippen LogP contribution in [0.5, 0.6) is 0 Å². The fraction of sp³-hybridized carbons (Fsp3) is 0.524. The molecular weight excluding hydrogens is 613 g/mol. The monoisotopic (exact) mass is 653 g/mol. The van der Waals surface area contributed by atoms with E-state index in [9.17, 15) is 9.59 Å². The maximum absolute atomic E-state index is 9.68. The molecule has 0 unspecified atom stereocenters. The van der Waals surface area contributed by atoms with Crippen molar-refractivity contribution in [2.75, 3.05) is 12.9 Å². The quantitative estimate of drug-likeness (QED) is 0.127. The summed E-state index contributed by atoms with van der Waals surface area (Å²) in [5.74, 6) is 10.2. The molecule has 0 aliphatic rings. The zero-order valence-electron chi connectivity index (χ0n) is 23.5. The minimum Gasteiger partial charge on any atom is -0.365 e. The number of aromatic nitrogens is 2. The summed E-state index contributed by atoms with van der Waals surface area (Å²) in [5.41, 5.74) is 5.60. The predicted octanol–water partition coefficient (Wildman–Crippen LogP) is 3.07. The Kier molecular flexibility index (Phi) is 34.2. The van der Waals surface area contributed by atoms with Crippen molar-refractivity contribution in [1.29, 1.82) is 0 Å². The van der Waals surface area contributed by atoms with Gasteiger partial charge in [-0.2, -0.15) is 10.2 Å². The molecule has 6 N–H and O–H groups in total. The smallest absolute Gasteiger partial charge is 0.210 e. The number of hydrazine groups is 1. The molecule has 0 aliphatic heterocycles. The molecule has 2 aromatic heterocycles. The minimum atomic E-state index is 0. The summed E-state index contributed by atoms with van der Waals surface area (Å²) in [6, 6.07) is 0. The molecule has 2 aromatic rings. The lowest BCUT2D eigenvalue weighted by molar-refractivity contribution is -0.115. The van der Waals surface area contributed by atoms with E-state index in [-0.39, 0.29) is 42.3 Å². The zero-order chi connectivity index (χ0) is 28.8. The van der Waals surface area contributed by atoms with Crippen molar-refractivity contribution < 1.29 is 9.59 Å². The Balaban J connectivity index is -0.000000125. The van der Waals surface area contributed by atoms with Gasteiger partial charge in [-0.15, -0.1) is 64.2 Å². The Labute approximate surface area is 256 Å². The second-order valence-electron chi connectivity index (χ2n) is 7.18. The van der Waals surface area contributed by atoms with E-state index in [1.165, 1.54) is 32.2 Å². The first-order valence-corrected chi connectivity index (χ1v) is 13.1. The third-order valence-corrected chi connectivity index (χ3v) is 6.07. The number of halogens is 3. The molecule has 0 radical (unpaired) electrons. The van der Waals surface area contributed by atoms with Gasteiger partial charge in [0, 0.05) is 49.0 Å². The molecule has 0 bridgehead atoms. The largest absolute Gasteiger partial charge is 0.365 e. The highest BCUT2D eigenvalue weighted by Crippen LogP contribution is 1.96. The van der Waals surface area contributed by atoms with Crippen molar-refractivity contribution in [1.82, 2.24) is 19.9 Å². The highest BCUT2D eigenvalue weighted by atomic mass is 35.5. The molecule has 38 heavy (non-hydrogen) atoms. The highest BCUT2D eigenvalue weighted by Gasteiger charge is 1.93. The van der Waals surface area contributed by atoms with E-state index in [0.717, 1.165) is 15.3 Å². The van der Waals surface area contributed by atoms with Crippen LogP contribution in [0.2, 0.25) is 0 Å². The van der Waals surface area contributed by atoms with Crippen molar-refractivity contribution in [3.8, 4) is 0 Å². The Bertz CT molecular complexity index is 1080. The average Bonchev–Trinajstić information content (AvgIpc) is 3.32. The molecule has 0 aliphatic carbocycles. The summed E-state index contributed by atoms with van der Waals surface area (Å²) in [6.45, 7) is 12.4.